The molecule has 72 valence electrons. The third kappa shape index (κ3) is 1.65. The zero-order chi connectivity index (χ0) is 9.97. The highest BCUT2D eigenvalue weighted by atomic mass is 79.9. The third-order valence-corrected chi connectivity index (χ3v) is 2.67. The summed E-state index contributed by atoms with van der Waals surface area (Å²) in [5.74, 6) is 0.266. The number of aliphatic imine (C=N–C) groups is 1. The van der Waals surface area contributed by atoms with Crippen molar-refractivity contribution in [1.82, 2.24) is 5.32 Å². The number of nitrogens with one attached hydrogen (secondary N) is 1. The van der Waals surface area contributed by atoms with E-state index in [4.69, 9.17) is 0 Å². The van der Waals surface area contributed by atoms with E-state index in [1.165, 1.54) is 0 Å². The number of phenols is 1. The van der Waals surface area contributed by atoms with Gasteiger partial charge in [0.25, 0.3) is 0 Å². The van der Waals surface area contributed by atoms with Crippen LogP contribution in [-0.4, -0.2) is 11.4 Å². The van der Waals surface area contributed by atoms with Crippen LogP contribution in [0.25, 0.3) is 0 Å². The van der Waals surface area contributed by atoms with Gasteiger partial charge in [-0.2, -0.15) is 0 Å². The molecule has 0 spiro atoms. The maximum Gasteiger partial charge on any atom is 0.121 e. The van der Waals surface area contributed by atoms with Crippen molar-refractivity contribution in [2.75, 3.05) is 0 Å². The van der Waals surface area contributed by atoms with Gasteiger partial charge in [0.2, 0.25) is 0 Å². The Morgan fingerprint density at radius 3 is 2.86 bits per heavy atom. The Balaban J connectivity index is 2.39. The van der Waals surface area contributed by atoms with Crippen LogP contribution in [0.5, 0.6) is 5.75 Å². The SMILES string of the molecule is Oc1ccccc1C1N=CNC=C1Br. The van der Waals surface area contributed by atoms with Crippen LogP contribution in [0.3, 0.4) is 0 Å². The summed E-state index contributed by atoms with van der Waals surface area (Å²) in [5.41, 5.74) is 0.799. The molecule has 1 aromatic rings. The first-order chi connectivity index (χ1) is 6.79. The lowest BCUT2D eigenvalue weighted by molar-refractivity contribution is 0.465. The van der Waals surface area contributed by atoms with Gasteiger partial charge >= 0.3 is 0 Å². The summed E-state index contributed by atoms with van der Waals surface area (Å²) < 4.78 is 0.904. The van der Waals surface area contributed by atoms with Gasteiger partial charge in [-0.25, -0.2) is 0 Å². The van der Waals surface area contributed by atoms with Gasteiger partial charge in [-0.1, -0.05) is 34.1 Å². The first-order valence-corrected chi connectivity index (χ1v) is 4.99. The van der Waals surface area contributed by atoms with Gasteiger partial charge < -0.3 is 10.4 Å². The van der Waals surface area contributed by atoms with Crippen LogP contribution in [-0.2, 0) is 0 Å². The smallest absolute Gasteiger partial charge is 0.121 e. The highest BCUT2D eigenvalue weighted by Crippen LogP contribution is 2.35. The Morgan fingerprint density at radius 2 is 2.14 bits per heavy atom. The molecule has 4 heteroatoms. The minimum absolute atomic E-state index is 0.141. The Kier molecular flexibility index (Phi) is 2.54. The highest BCUT2D eigenvalue weighted by molar-refractivity contribution is 9.11. The molecule has 2 rings (SSSR count). The van der Waals surface area contributed by atoms with E-state index in [1.807, 2.05) is 18.3 Å². The molecule has 2 N–H and O–H groups in total. The Hall–Kier alpha value is -1.29. The molecule has 0 bridgehead atoms. The molecule has 1 aliphatic heterocycles. The third-order valence-electron chi connectivity index (χ3n) is 2.01. The maximum atomic E-state index is 9.64. The van der Waals surface area contributed by atoms with E-state index in [-0.39, 0.29) is 11.8 Å². The second-order valence-corrected chi connectivity index (χ2v) is 3.85. The number of benzene rings is 1. The number of hydrogen-bond acceptors (Lipinski definition) is 3. The van der Waals surface area contributed by atoms with Crippen LogP contribution in [0, 0.1) is 0 Å². The number of halogens is 1. The molecule has 1 aromatic carbocycles. The molecule has 1 aliphatic rings. The van der Waals surface area contributed by atoms with E-state index in [0.29, 0.717) is 0 Å². The lowest BCUT2D eigenvalue weighted by Crippen LogP contribution is -2.11. The number of nitrogens with zero attached hydrogens (tertiary/aromatic N) is 1. The average Bonchev–Trinajstić information content (AvgIpc) is 2.20. The highest BCUT2D eigenvalue weighted by Gasteiger charge is 2.17. The fraction of sp³-hybridized carbons (Fsp3) is 0.100. The van der Waals surface area contributed by atoms with Gasteiger partial charge in [0.1, 0.15) is 11.8 Å². The Morgan fingerprint density at radius 1 is 1.36 bits per heavy atom. The molecule has 0 fully saturated rings. The van der Waals surface area contributed by atoms with E-state index in [2.05, 4.69) is 26.2 Å². The quantitative estimate of drug-likeness (QED) is 0.806. The minimum Gasteiger partial charge on any atom is -0.508 e. The monoisotopic (exact) mass is 252 g/mol. The zero-order valence-corrected chi connectivity index (χ0v) is 8.90. The van der Waals surface area contributed by atoms with Crippen LogP contribution in [0.15, 0.2) is 39.9 Å². The van der Waals surface area contributed by atoms with E-state index in [9.17, 15) is 5.11 Å². The minimum atomic E-state index is -0.141. The first kappa shape index (κ1) is 9.27. The van der Waals surface area contributed by atoms with Gasteiger partial charge in [0, 0.05) is 16.2 Å². The maximum absolute atomic E-state index is 9.64. The van der Waals surface area contributed by atoms with Gasteiger partial charge in [-0.15, -0.1) is 0 Å². The van der Waals surface area contributed by atoms with Crippen molar-refractivity contribution in [3.63, 3.8) is 0 Å². The van der Waals surface area contributed by atoms with Gasteiger partial charge in [-0.05, 0) is 6.07 Å². The second kappa shape index (κ2) is 3.84. The number of hydrogen-bond donors (Lipinski definition) is 2. The van der Waals surface area contributed by atoms with Crippen LogP contribution < -0.4 is 5.32 Å². The molecule has 3 nitrogen and oxygen atoms in total. The number of rotatable bonds is 1. The lowest BCUT2D eigenvalue weighted by Gasteiger charge is -2.16. The largest absolute Gasteiger partial charge is 0.508 e. The Labute approximate surface area is 90.3 Å². The van der Waals surface area contributed by atoms with Crippen molar-refractivity contribution in [3.8, 4) is 5.75 Å². The van der Waals surface area contributed by atoms with Crippen LogP contribution in [0.4, 0.5) is 0 Å². The molecular formula is C10H9BrN2O. The van der Waals surface area contributed by atoms with E-state index >= 15 is 0 Å². The van der Waals surface area contributed by atoms with Crippen LogP contribution >= 0.6 is 15.9 Å². The van der Waals surface area contributed by atoms with Crippen molar-refractivity contribution >= 4 is 22.3 Å². The zero-order valence-electron chi connectivity index (χ0n) is 7.31. The molecule has 14 heavy (non-hydrogen) atoms. The molecule has 0 aromatic heterocycles. The van der Waals surface area contributed by atoms with E-state index in [0.717, 1.165) is 10.0 Å². The van der Waals surface area contributed by atoms with Crippen molar-refractivity contribution in [1.29, 1.82) is 0 Å². The predicted molar refractivity (Wildman–Crippen MR) is 59.5 cm³/mol. The average molecular weight is 253 g/mol. The summed E-state index contributed by atoms with van der Waals surface area (Å²) in [6, 6.07) is 7.05. The molecule has 1 heterocycles. The molecule has 0 amide bonds. The molecule has 0 radical (unpaired) electrons. The first-order valence-electron chi connectivity index (χ1n) is 4.20. The number of aromatic hydroxyl groups is 1. The summed E-state index contributed by atoms with van der Waals surface area (Å²) in [7, 11) is 0. The van der Waals surface area contributed by atoms with Crippen molar-refractivity contribution in [3.05, 3.63) is 40.5 Å². The van der Waals surface area contributed by atoms with Crippen molar-refractivity contribution in [2.24, 2.45) is 4.99 Å². The summed E-state index contributed by atoms with van der Waals surface area (Å²) in [6.45, 7) is 0. The molecular weight excluding hydrogens is 244 g/mol. The fourth-order valence-corrected chi connectivity index (χ4v) is 1.83. The standard InChI is InChI=1S/C10H9BrN2O/c11-8-5-12-6-13-10(8)7-3-1-2-4-9(7)14/h1-6,10,14H,(H,12,13). The molecule has 0 saturated heterocycles. The van der Waals surface area contributed by atoms with Crippen molar-refractivity contribution < 1.29 is 5.11 Å². The van der Waals surface area contributed by atoms with Gasteiger partial charge in [0.15, 0.2) is 0 Å². The van der Waals surface area contributed by atoms with E-state index < -0.39 is 0 Å². The summed E-state index contributed by atoms with van der Waals surface area (Å²) >= 11 is 3.40. The Bertz CT molecular complexity index is 401. The van der Waals surface area contributed by atoms with Gasteiger partial charge in [-0.3, -0.25) is 4.99 Å². The van der Waals surface area contributed by atoms with Crippen LogP contribution in [0.2, 0.25) is 0 Å². The molecule has 1 atom stereocenters. The lowest BCUT2D eigenvalue weighted by atomic mass is 10.1. The van der Waals surface area contributed by atoms with Crippen LogP contribution in [0.1, 0.15) is 11.6 Å². The second-order valence-electron chi connectivity index (χ2n) is 2.94. The van der Waals surface area contributed by atoms with E-state index in [1.54, 1.807) is 18.5 Å². The fourth-order valence-electron chi connectivity index (χ4n) is 1.33. The summed E-state index contributed by atoms with van der Waals surface area (Å²) in [6.07, 6.45) is 3.42. The normalized spacial score (nSPS) is 20.1. The number of para-hydroxylation sites is 1. The van der Waals surface area contributed by atoms with Gasteiger partial charge in [0.05, 0.1) is 6.34 Å². The number of phenolic OH excluding ortho intramolecular Hbond substituents is 1. The predicted octanol–water partition coefficient (Wildman–Crippen LogP) is 2.30. The molecule has 0 aliphatic carbocycles. The summed E-state index contributed by atoms with van der Waals surface area (Å²) in [5, 5.41) is 12.5. The van der Waals surface area contributed by atoms with Crippen molar-refractivity contribution in [2.45, 2.75) is 6.04 Å². The molecule has 1 unspecified atom stereocenters. The topological polar surface area (TPSA) is 44.6 Å². The molecule has 0 saturated carbocycles. The summed E-state index contributed by atoms with van der Waals surface area (Å²) in [4.78, 5) is 4.23.